The summed E-state index contributed by atoms with van der Waals surface area (Å²) < 4.78 is 1.69. The van der Waals surface area contributed by atoms with E-state index in [0.29, 0.717) is 24.4 Å². The number of aryl methyl sites for hydroxylation is 1. The van der Waals surface area contributed by atoms with Gasteiger partial charge in [-0.1, -0.05) is 0 Å². The zero-order valence-corrected chi connectivity index (χ0v) is 11.3. The van der Waals surface area contributed by atoms with Crippen LogP contribution in [0.1, 0.15) is 40.8 Å². The number of nitrogens with one attached hydrogen (secondary N) is 1. The van der Waals surface area contributed by atoms with Crippen molar-refractivity contribution in [3.05, 3.63) is 35.9 Å². The molecule has 1 amide bonds. The molecule has 1 N–H and O–H groups in total. The summed E-state index contributed by atoms with van der Waals surface area (Å²) in [6, 6.07) is 0. The molecule has 1 fully saturated rings. The highest BCUT2D eigenvalue weighted by Gasteiger charge is 2.26. The highest BCUT2D eigenvalue weighted by molar-refractivity contribution is 5.93. The van der Waals surface area contributed by atoms with Gasteiger partial charge in [-0.2, -0.15) is 5.10 Å². The molecule has 0 unspecified atom stereocenters. The van der Waals surface area contributed by atoms with Crippen LogP contribution in [0.3, 0.4) is 0 Å². The minimum Gasteiger partial charge on any atom is -0.351 e. The maximum absolute atomic E-state index is 11.9. The van der Waals surface area contributed by atoms with Crippen LogP contribution < -0.4 is 5.32 Å². The minimum atomic E-state index is -0.158. The van der Waals surface area contributed by atoms with Crippen LogP contribution in [-0.2, 0) is 13.5 Å². The van der Waals surface area contributed by atoms with Gasteiger partial charge in [0.25, 0.3) is 5.91 Å². The monoisotopic (exact) mass is 272 g/mol. The summed E-state index contributed by atoms with van der Waals surface area (Å²) in [7, 11) is 1.83. The zero-order valence-electron chi connectivity index (χ0n) is 11.3. The number of amides is 1. The first-order chi connectivity index (χ1) is 9.74. The maximum atomic E-state index is 11.9. The van der Waals surface area contributed by atoms with Crippen LogP contribution in [0.2, 0.25) is 0 Å². The van der Waals surface area contributed by atoms with Crippen molar-refractivity contribution in [1.29, 1.82) is 0 Å². The van der Waals surface area contributed by atoms with Gasteiger partial charge in [-0.15, -0.1) is 0 Å². The number of hydrogen-bond acceptors (Lipinski definition) is 5. The van der Waals surface area contributed by atoms with E-state index in [-0.39, 0.29) is 5.91 Å². The molecule has 0 bridgehead atoms. The molecule has 1 aliphatic carbocycles. The Balaban J connectivity index is 1.52. The Morgan fingerprint density at radius 1 is 1.35 bits per heavy atom. The topological polar surface area (TPSA) is 85.6 Å². The summed E-state index contributed by atoms with van der Waals surface area (Å²) >= 11 is 0. The second kappa shape index (κ2) is 5.36. The van der Waals surface area contributed by atoms with Gasteiger partial charge in [0, 0.05) is 38.3 Å². The number of rotatable bonds is 5. The Bertz CT molecular complexity index is 602. The molecule has 3 rings (SSSR count). The van der Waals surface area contributed by atoms with E-state index >= 15 is 0 Å². The molecule has 0 spiro atoms. The molecule has 20 heavy (non-hydrogen) atoms. The van der Waals surface area contributed by atoms with Crippen LogP contribution in [0.15, 0.2) is 18.7 Å². The van der Waals surface area contributed by atoms with Crippen molar-refractivity contribution in [1.82, 2.24) is 30.0 Å². The normalized spacial score (nSPS) is 14.2. The minimum absolute atomic E-state index is 0.158. The van der Waals surface area contributed by atoms with Crippen molar-refractivity contribution in [2.24, 2.45) is 7.05 Å². The predicted molar refractivity (Wildman–Crippen MR) is 71.0 cm³/mol. The second-order valence-electron chi connectivity index (χ2n) is 4.91. The number of carbonyl (C=O) groups is 1. The first-order valence-electron chi connectivity index (χ1n) is 6.67. The molecule has 0 radical (unpaired) electrons. The number of aromatic nitrogens is 5. The number of carbonyl (C=O) groups excluding carboxylic acids is 1. The van der Waals surface area contributed by atoms with Gasteiger partial charge in [0.1, 0.15) is 18.0 Å². The van der Waals surface area contributed by atoms with E-state index in [1.54, 1.807) is 17.1 Å². The maximum Gasteiger partial charge on any atom is 0.254 e. The summed E-state index contributed by atoms with van der Waals surface area (Å²) in [6.45, 7) is 0.510. The SMILES string of the molecule is Cn1ncnc1CCNC(=O)c1cnc(C2CC2)nc1. The second-order valence-corrected chi connectivity index (χ2v) is 4.91. The smallest absolute Gasteiger partial charge is 0.254 e. The first-order valence-corrected chi connectivity index (χ1v) is 6.67. The summed E-state index contributed by atoms with van der Waals surface area (Å²) in [5.74, 6) is 2.03. The lowest BCUT2D eigenvalue weighted by atomic mass is 10.3. The van der Waals surface area contributed by atoms with E-state index in [1.807, 2.05) is 7.05 Å². The largest absolute Gasteiger partial charge is 0.351 e. The van der Waals surface area contributed by atoms with Crippen molar-refractivity contribution in [2.45, 2.75) is 25.2 Å². The third-order valence-corrected chi connectivity index (χ3v) is 3.32. The molecular formula is C13H16N6O. The molecular weight excluding hydrogens is 256 g/mol. The Kier molecular flexibility index (Phi) is 3.41. The molecule has 2 heterocycles. The highest BCUT2D eigenvalue weighted by Crippen LogP contribution is 2.37. The fourth-order valence-electron chi connectivity index (χ4n) is 1.94. The fraction of sp³-hybridized carbons (Fsp3) is 0.462. The molecule has 7 heteroatoms. The van der Waals surface area contributed by atoms with Gasteiger partial charge < -0.3 is 5.32 Å². The van der Waals surface area contributed by atoms with Gasteiger partial charge in [0.2, 0.25) is 0 Å². The molecule has 0 aliphatic heterocycles. The third-order valence-electron chi connectivity index (χ3n) is 3.32. The van der Waals surface area contributed by atoms with Crippen LogP contribution in [0.5, 0.6) is 0 Å². The van der Waals surface area contributed by atoms with Crippen molar-refractivity contribution in [3.63, 3.8) is 0 Å². The van der Waals surface area contributed by atoms with Gasteiger partial charge in [-0.05, 0) is 12.8 Å². The molecule has 1 saturated carbocycles. The van der Waals surface area contributed by atoms with E-state index in [0.717, 1.165) is 24.5 Å². The Morgan fingerprint density at radius 3 is 2.70 bits per heavy atom. The fourth-order valence-corrected chi connectivity index (χ4v) is 1.94. The van der Waals surface area contributed by atoms with Gasteiger partial charge >= 0.3 is 0 Å². The summed E-state index contributed by atoms with van der Waals surface area (Å²) in [5, 5.41) is 6.81. The summed E-state index contributed by atoms with van der Waals surface area (Å²) in [6.07, 6.45) is 7.65. The molecule has 104 valence electrons. The van der Waals surface area contributed by atoms with E-state index < -0.39 is 0 Å². The van der Waals surface area contributed by atoms with E-state index in [4.69, 9.17) is 0 Å². The molecule has 0 aromatic carbocycles. The highest BCUT2D eigenvalue weighted by atomic mass is 16.1. The van der Waals surface area contributed by atoms with Gasteiger partial charge in [-0.3, -0.25) is 9.48 Å². The third kappa shape index (κ3) is 2.81. The lowest BCUT2D eigenvalue weighted by Crippen LogP contribution is -2.26. The quantitative estimate of drug-likeness (QED) is 0.854. The van der Waals surface area contributed by atoms with Crippen molar-refractivity contribution in [2.75, 3.05) is 6.54 Å². The molecule has 2 aromatic rings. The predicted octanol–water partition coefficient (Wildman–Crippen LogP) is 0.455. The standard InChI is InChI=1S/C13H16N6O/c1-19-11(17-8-18-19)4-5-14-13(20)10-6-15-12(16-7-10)9-2-3-9/h6-9H,2-5H2,1H3,(H,14,20). The summed E-state index contributed by atoms with van der Waals surface area (Å²) in [4.78, 5) is 24.5. The molecule has 2 aromatic heterocycles. The van der Waals surface area contributed by atoms with Crippen LogP contribution in [0, 0.1) is 0 Å². The lowest BCUT2D eigenvalue weighted by molar-refractivity contribution is 0.0953. The summed E-state index contributed by atoms with van der Waals surface area (Å²) in [5.41, 5.74) is 0.493. The van der Waals surface area contributed by atoms with E-state index in [9.17, 15) is 4.79 Å². The molecule has 7 nitrogen and oxygen atoms in total. The number of nitrogens with zero attached hydrogens (tertiary/aromatic N) is 5. The van der Waals surface area contributed by atoms with E-state index in [1.165, 1.54) is 6.33 Å². The van der Waals surface area contributed by atoms with Crippen molar-refractivity contribution < 1.29 is 4.79 Å². The number of hydrogen-bond donors (Lipinski definition) is 1. The van der Waals surface area contributed by atoms with Crippen molar-refractivity contribution >= 4 is 5.91 Å². The van der Waals surface area contributed by atoms with Gasteiger partial charge in [0.05, 0.1) is 5.56 Å². The molecule has 0 atom stereocenters. The zero-order chi connectivity index (χ0) is 13.9. The Labute approximate surface area is 116 Å². The van der Waals surface area contributed by atoms with Gasteiger partial charge in [0.15, 0.2) is 0 Å². The van der Waals surface area contributed by atoms with Crippen LogP contribution in [-0.4, -0.2) is 37.2 Å². The van der Waals surface area contributed by atoms with Crippen LogP contribution in [0.25, 0.3) is 0 Å². The van der Waals surface area contributed by atoms with Crippen molar-refractivity contribution in [3.8, 4) is 0 Å². The average molecular weight is 272 g/mol. The average Bonchev–Trinajstić information content (AvgIpc) is 3.24. The molecule has 0 saturated heterocycles. The lowest BCUT2D eigenvalue weighted by Gasteiger charge is -2.05. The molecule has 1 aliphatic rings. The first kappa shape index (κ1) is 12.7. The Morgan fingerprint density at radius 2 is 2.10 bits per heavy atom. The van der Waals surface area contributed by atoms with Crippen LogP contribution in [0.4, 0.5) is 0 Å². The Hall–Kier alpha value is -2.31. The van der Waals surface area contributed by atoms with Crippen LogP contribution >= 0.6 is 0 Å². The van der Waals surface area contributed by atoms with E-state index in [2.05, 4.69) is 25.4 Å². The van der Waals surface area contributed by atoms with Gasteiger partial charge in [-0.25, -0.2) is 15.0 Å².